The van der Waals surface area contributed by atoms with Gasteiger partial charge in [-0.3, -0.25) is 15.0 Å². The Bertz CT molecular complexity index is 3680. The van der Waals surface area contributed by atoms with Gasteiger partial charge in [0.15, 0.2) is 0 Å². The van der Waals surface area contributed by atoms with Crippen LogP contribution in [0.2, 0.25) is 0 Å². The number of benzene rings is 6. The summed E-state index contributed by atoms with van der Waals surface area (Å²) in [6.45, 7) is 1.63. The van der Waals surface area contributed by atoms with E-state index in [0.29, 0.717) is 49.3 Å². The normalized spacial score (nSPS) is 12.1. The number of carbonyl (C=O) groups excluding carboxylic acids is 4. The third-order valence-electron chi connectivity index (χ3n) is 11.1. The zero-order valence-electron chi connectivity index (χ0n) is 34.4. The highest BCUT2D eigenvalue weighted by atomic mass is 32.2. The molecule has 0 N–H and O–H groups in total. The molecule has 0 atom stereocenters. The van der Waals surface area contributed by atoms with E-state index in [0.717, 1.165) is 50.5 Å². The van der Waals surface area contributed by atoms with Crippen LogP contribution in [-0.2, 0) is 29.1 Å². The lowest BCUT2D eigenvalue weighted by Crippen LogP contribution is -2.29. The summed E-state index contributed by atoms with van der Waals surface area (Å²) < 4.78 is 87.1. The van der Waals surface area contributed by atoms with Crippen LogP contribution in [0.1, 0.15) is 47.1 Å². The maximum Gasteiger partial charge on any atom is 0.534 e. The van der Waals surface area contributed by atoms with Crippen LogP contribution in [0, 0.1) is 6.92 Å². The third-order valence-corrected chi connectivity index (χ3v) is 12.1. The lowest BCUT2D eigenvalue weighted by molar-refractivity contribution is -0.0501. The quantitative estimate of drug-likeness (QED) is 0.0383. The first kappa shape index (κ1) is 42.3. The standard InChI is InChI=1S/C24H15F3N2O7S.C22H14N2O4/c1-10-15(22(30)34-2)11-6-4-9-14-16(11)19(28-10)13-8-5-7-12-17(13)20(14)29-21(18(12)23(31)35-3)36-37(32,33)24(25,26)27;1-27-21(25)15-9-23-19-14-8-4-6-12-16(22(26)28-2)10-24-20(18(12)14)13-7-3-5-11(15)17(13)19/h4-9H,1-3H3;3-10H,1-2H3. The number of fused-ring (bicyclic) bond motifs is 4. The zero-order valence-corrected chi connectivity index (χ0v) is 35.2. The Hall–Kier alpha value is -8.06. The van der Waals surface area contributed by atoms with Crippen molar-refractivity contribution in [1.29, 1.82) is 0 Å². The molecule has 19 heteroatoms. The van der Waals surface area contributed by atoms with Gasteiger partial charge in [-0.25, -0.2) is 24.2 Å². The van der Waals surface area contributed by atoms with E-state index >= 15 is 0 Å². The fraction of sp³-hybridized carbons (Fsp3) is 0.130. The Morgan fingerprint density at radius 1 is 0.492 bits per heavy atom. The van der Waals surface area contributed by atoms with E-state index in [1.54, 1.807) is 31.2 Å². The van der Waals surface area contributed by atoms with Crippen molar-refractivity contribution < 1.29 is 63.9 Å². The van der Waals surface area contributed by atoms with Crippen LogP contribution in [-0.4, -0.2) is 86.2 Å². The fourth-order valence-electron chi connectivity index (χ4n) is 8.43. The average molecular weight is 903 g/mol. The summed E-state index contributed by atoms with van der Waals surface area (Å²) in [6, 6.07) is 20.8. The highest BCUT2D eigenvalue weighted by Crippen LogP contribution is 2.44. The molecular weight excluding hydrogens is 874 g/mol. The molecule has 6 aromatic carbocycles. The molecule has 0 aliphatic heterocycles. The number of methoxy groups -OCH3 is 4. The summed E-state index contributed by atoms with van der Waals surface area (Å²) in [7, 11) is -1.28. The predicted molar refractivity (Wildman–Crippen MR) is 232 cm³/mol. The van der Waals surface area contributed by atoms with Crippen molar-refractivity contribution in [2.24, 2.45) is 0 Å². The monoisotopic (exact) mass is 902 g/mol. The minimum atomic E-state index is -6.18. The van der Waals surface area contributed by atoms with E-state index < -0.39 is 50.9 Å². The van der Waals surface area contributed by atoms with Crippen molar-refractivity contribution in [3.05, 3.63) is 113 Å². The number of nitrogens with zero attached hydrogens (tertiary/aromatic N) is 4. The summed E-state index contributed by atoms with van der Waals surface area (Å²) in [5.74, 6) is -3.77. The molecule has 326 valence electrons. The van der Waals surface area contributed by atoms with Crippen molar-refractivity contribution in [3.8, 4) is 5.88 Å². The molecule has 15 nitrogen and oxygen atoms in total. The Kier molecular flexibility index (Phi) is 9.97. The molecule has 0 aliphatic rings. The number of alkyl halides is 3. The summed E-state index contributed by atoms with van der Waals surface area (Å²) in [5, 5.41) is 6.99. The maximum atomic E-state index is 13.2. The van der Waals surface area contributed by atoms with Gasteiger partial charge in [0, 0.05) is 77.0 Å². The Balaban J connectivity index is 0.000000170. The number of rotatable bonds is 6. The van der Waals surface area contributed by atoms with Crippen LogP contribution in [0.4, 0.5) is 13.2 Å². The Labute approximate surface area is 363 Å². The molecule has 10 aromatic rings. The van der Waals surface area contributed by atoms with E-state index in [4.69, 9.17) is 18.9 Å². The number of halogens is 3. The number of hydrogen-bond acceptors (Lipinski definition) is 15. The second kappa shape index (κ2) is 15.3. The first-order valence-corrected chi connectivity index (χ1v) is 20.6. The number of pyridine rings is 4. The van der Waals surface area contributed by atoms with Gasteiger partial charge in [-0.05, 0) is 6.92 Å². The topological polar surface area (TPSA) is 200 Å². The largest absolute Gasteiger partial charge is 0.534 e. The van der Waals surface area contributed by atoms with Gasteiger partial charge in [0.05, 0.1) is 72.9 Å². The fourth-order valence-corrected chi connectivity index (χ4v) is 8.85. The minimum absolute atomic E-state index is 0.0326. The van der Waals surface area contributed by atoms with Crippen molar-refractivity contribution in [3.63, 3.8) is 0 Å². The van der Waals surface area contributed by atoms with Crippen molar-refractivity contribution in [2.45, 2.75) is 12.4 Å². The molecule has 0 aliphatic carbocycles. The van der Waals surface area contributed by atoms with E-state index in [1.165, 1.54) is 45.9 Å². The van der Waals surface area contributed by atoms with Crippen LogP contribution >= 0.6 is 0 Å². The van der Waals surface area contributed by atoms with Gasteiger partial charge < -0.3 is 23.1 Å². The molecule has 0 saturated carbocycles. The second-order valence-electron chi connectivity index (χ2n) is 14.5. The van der Waals surface area contributed by atoms with Crippen molar-refractivity contribution >= 4 is 121 Å². The highest BCUT2D eigenvalue weighted by molar-refractivity contribution is 7.88. The molecule has 0 spiro atoms. The van der Waals surface area contributed by atoms with E-state index in [2.05, 4.69) is 24.1 Å². The molecule has 0 fully saturated rings. The third kappa shape index (κ3) is 6.36. The number of ether oxygens (including phenoxy) is 4. The molecule has 4 heterocycles. The van der Waals surface area contributed by atoms with E-state index in [-0.39, 0.29) is 16.5 Å². The Morgan fingerprint density at radius 2 is 0.846 bits per heavy atom. The van der Waals surface area contributed by atoms with E-state index in [1.807, 2.05) is 36.4 Å². The zero-order chi connectivity index (χ0) is 46.3. The van der Waals surface area contributed by atoms with Crippen LogP contribution < -0.4 is 4.18 Å². The first-order chi connectivity index (χ1) is 31.1. The van der Waals surface area contributed by atoms with Crippen LogP contribution in [0.15, 0.2) is 85.2 Å². The number of aryl methyl sites for hydroxylation is 1. The van der Waals surface area contributed by atoms with Gasteiger partial charge >= 0.3 is 39.5 Å². The second-order valence-corrected chi connectivity index (χ2v) is 16.0. The lowest BCUT2D eigenvalue weighted by Gasteiger charge is -2.18. The van der Waals surface area contributed by atoms with Crippen LogP contribution in [0.25, 0.3) is 86.7 Å². The van der Waals surface area contributed by atoms with E-state index in [9.17, 15) is 40.8 Å². The van der Waals surface area contributed by atoms with Crippen molar-refractivity contribution in [1.82, 2.24) is 19.9 Å². The van der Waals surface area contributed by atoms with Gasteiger partial charge in [0.1, 0.15) is 5.56 Å². The lowest BCUT2D eigenvalue weighted by atomic mass is 9.91. The molecule has 0 bridgehead atoms. The van der Waals surface area contributed by atoms with Gasteiger partial charge in [-0.2, -0.15) is 21.6 Å². The molecule has 4 aromatic heterocycles. The molecule has 65 heavy (non-hydrogen) atoms. The average Bonchev–Trinajstić information content (AvgIpc) is 3.30. The van der Waals surface area contributed by atoms with Gasteiger partial charge in [0.25, 0.3) is 0 Å². The van der Waals surface area contributed by atoms with Gasteiger partial charge in [-0.1, -0.05) is 72.8 Å². The highest BCUT2D eigenvalue weighted by Gasteiger charge is 2.49. The van der Waals surface area contributed by atoms with Gasteiger partial charge in [0.2, 0.25) is 5.88 Å². The molecule has 0 unspecified atom stereocenters. The number of hydrogen-bond donors (Lipinski definition) is 0. The summed E-state index contributed by atoms with van der Waals surface area (Å²) in [5.41, 5.74) is -3.05. The van der Waals surface area contributed by atoms with Crippen LogP contribution in [0.5, 0.6) is 5.88 Å². The number of aromatic nitrogens is 4. The summed E-state index contributed by atoms with van der Waals surface area (Å²) in [6.07, 6.45) is 3.07. The smallest absolute Gasteiger partial charge is 0.465 e. The molecule has 0 saturated heterocycles. The first-order valence-electron chi connectivity index (χ1n) is 19.2. The maximum absolute atomic E-state index is 13.2. The summed E-state index contributed by atoms with van der Waals surface area (Å²) >= 11 is 0. The van der Waals surface area contributed by atoms with Gasteiger partial charge in [-0.15, -0.1) is 0 Å². The van der Waals surface area contributed by atoms with Crippen molar-refractivity contribution in [2.75, 3.05) is 28.4 Å². The molecule has 0 amide bonds. The molecular formula is C46H29F3N4O11S. The summed E-state index contributed by atoms with van der Waals surface area (Å²) in [4.78, 5) is 67.5. The number of esters is 4. The molecule has 10 rings (SSSR count). The Morgan fingerprint density at radius 3 is 1.28 bits per heavy atom. The van der Waals surface area contributed by atoms with Crippen LogP contribution in [0.3, 0.4) is 0 Å². The predicted octanol–water partition coefficient (Wildman–Crippen LogP) is 8.74. The SMILES string of the molecule is COC(=O)c1c(C)nc2c3cccc4c(C(=O)OC)c(OS(=O)(=O)C(F)(F)F)nc(c5cccc1c52)c43.COC(=O)c1cnc2c3cccc4c(C(=O)OC)cnc(c5cccc1c52)c43. The minimum Gasteiger partial charge on any atom is -0.465 e. The molecule has 0 radical (unpaired) electrons. The number of carbonyl (C=O) groups is 4.